The van der Waals surface area contributed by atoms with Gasteiger partial charge in [-0.3, -0.25) is 14.4 Å². The second kappa shape index (κ2) is 5.25. The average molecular weight is 244 g/mol. The molecule has 1 aliphatic carbocycles. The van der Waals surface area contributed by atoms with Crippen LogP contribution in [0.3, 0.4) is 0 Å². The van der Waals surface area contributed by atoms with E-state index >= 15 is 0 Å². The van der Waals surface area contributed by atoms with E-state index in [1.165, 1.54) is 6.92 Å². The Kier molecular flexibility index (Phi) is 3.70. The van der Waals surface area contributed by atoms with Gasteiger partial charge in [0.2, 0.25) is 0 Å². The number of Topliss-reactive ketones (excluding diaryl/α,β-unsaturated/α-hetero) is 3. The zero-order valence-electron chi connectivity index (χ0n) is 10.4. The van der Waals surface area contributed by atoms with Gasteiger partial charge in [0.05, 0.1) is 5.92 Å². The third kappa shape index (κ3) is 2.55. The smallest absolute Gasteiger partial charge is 0.173 e. The van der Waals surface area contributed by atoms with Crippen molar-refractivity contribution < 1.29 is 14.4 Å². The van der Waals surface area contributed by atoms with Crippen LogP contribution in [-0.2, 0) is 9.59 Å². The zero-order valence-corrected chi connectivity index (χ0v) is 10.4. The lowest BCUT2D eigenvalue weighted by Crippen LogP contribution is -2.29. The summed E-state index contributed by atoms with van der Waals surface area (Å²) in [5.41, 5.74) is 0.553. The molecule has 2 atom stereocenters. The molecule has 1 fully saturated rings. The Bertz CT molecular complexity index is 476. The summed E-state index contributed by atoms with van der Waals surface area (Å²) in [6.45, 7) is 1.44. The molecule has 18 heavy (non-hydrogen) atoms. The van der Waals surface area contributed by atoms with Crippen LogP contribution in [0.15, 0.2) is 30.3 Å². The molecule has 1 aromatic rings. The molecule has 1 aromatic carbocycles. The third-order valence-electron chi connectivity index (χ3n) is 3.53. The fourth-order valence-electron chi connectivity index (χ4n) is 2.64. The summed E-state index contributed by atoms with van der Waals surface area (Å²) < 4.78 is 0. The van der Waals surface area contributed by atoms with E-state index in [4.69, 9.17) is 0 Å². The standard InChI is InChI=1S/C15H16O3/c1-10(16)14(12-7-8-13(17)9-12)15(18)11-5-3-2-4-6-11/h2-6,12,14H,7-9H2,1H3. The van der Waals surface area contributed by atoms with Crippen molar-refractivity contribution in [3.8, 4) is 0 Å². The summed E-state index contributed by atoms with van der Waals surface area (Å²) in [4.78, 5) is 35.4. The molecule has 0 amide bonds. The topological polar surface area (TPSA) is 51.2 Å². The maximum absolute atomic E-state index is 12.3. The van der Waals surface area contributed by atoms with Crippen LogP contribution in [0.1, 0.15) is 36.5 Å². The Hall–Kier alpha value is -1.77. The molecule has 1 aliphatic rings. The minimum Gasteiger partial charge on any atom is -0.300 e. The van der Waals surface area contributed by atoms with Gasteiger partial charge in [-0.25, -0.2) is 0 Å². The molecule has 0 bridgehead atoms. The first-order valence-corrected chi connectivity index (χ1v) is 6.21. The van der Waals surface area contributed by atoms with Crippen molar-refractivity contribution in [2.45, 2.75) is 26.2 Å². The van der Waals surface area contributed by atoms with Gasteiger partial charge in [-0.05, 0) is 19.3 Å². The highest BCUT2D eigenvalue weighted by Crippen LogP contribution is 2.32. The minimum absolute atomic E-state index is 0.109. The lowest BCUT2D eigenvalue weighted by Gasteiger charge is -2.18. The van der Waals surface area contributed by atoms with Crippen LogP contribution in [0, 0.1) is 11.8 Å². The van der Waals surface area contributed by atoms with Crippen molar-refractivity contribution >= 4 is 17.3 Å². The van der Waals surface area contributed by atoms with E-state index in [0.29, 0.717) is 24.8 Å². The van der Waals surface area contributed by atoms with E-state index in [0.717, 1.165) is 0 Å². The number of hydrogen-bond donors (Lipinski definition) is 0. The molecule has 0 radical (unpaired) electrons. The fraction of sp³-hybridized carbons (Fsp3) is 0.400. The number of rotatable bonds is 4. The first-order valence-electron chi connectivity index (χ1n) is 6.21. The third-order valence-corrected chi connectivity index (χ3v) is 3.53. The monoisotopic (exact) mass is 244 g/mol. The van der Waals surface area contributed by atoms with E-state index in [-0.39, 0.29) is 23.3 Å². The van der Waals surface area contributed by atoms with Crippen molar-refractivity contribution in [2.75, 3.05) is 0 Å². The van der Waals surface area contributed by atoms with Gasteiger partial charge in [0, 0.05) is 18.4 Å². The molecule has 0 N–H and O–H groups in total. The highest BCUT2D eigenvalue weighted by atomic mass is 16.2. The first kappa shape index (κ1) is 12.7. The SMILES string of the molecule is CC(=O)C(C(=O)c1ccccc1)C1CCC(=O)C1. The number of carbonyl (C=O) groups excluding carboxylic acids is 3. The Morgan fingerprint density at radius 2 is 1.89 bits per heavy atom. The van der Waals surface area contributed by atoms with E-state index in [1.807, 2.05) is 6.07 Å². The Balaban J connectivity index is 2.23. The van der Waals surface area contributed by atoms with Crippen molar-refractivity contribution in [3.63, 3.8) is 0 Å². The molecule has 3 heteroatoms. The summed E-state index contributed by atoms with van der Waals surface area (Å²) in [6, 6.07) is 8.83. The molecule has 2 unspecified atom stereocenters. The quantitative estimate of drug-likeness (QED) is 0.603. The Morgan fingerprint density at radius 1 is 1.22 bits per heavy atom. The van der Waals surface area contributed by atoms with Crippen molar-refractivity contribution in [1.82, 2.24) is 0 Å². The van der Waals surface area contributed by atoms with E-state index < -0.39 is 5.92 Å². The van der Waals surface area contributed by atoms with Gasteiger partial charge in [-0.1, -0.05) is 30.3 Å². The van der Waals surface area contributed by atoms with Crippen LogP contribution in [0.25, 0.3) is 0 Å². The van der Waals surface area contributed by atoms with Gasteiger partial charge in [0.1, 0.15) is 11.6 Å². The van der Waals surface area contributed by atoms with Gasteiger partial charge in [0.25, 0.3) is 0 Å². The normalized spacial score (nSPS) is 20.7. The maximum atomic E-state index is 12.3. The summed E-state index contributed by atoms with van der Waals surface area (Å²) in [7, 11) is 0. The van der Waals surface area contributed by atoms with Gasteiger partial charge in [0.15, 0.2) is 5.78 Å². The number of ketones is 3. The summed E-state index contributed by atoms with van der Waals surface area (Å²) >= 11 is 0. The molecule has 2 rings (SSSR count). The van der Waals surface area contributed by atoms with Gasteiger partial charge >= 0.3 is 0 Å². The Labute approximate surface area is 106 Å². The van der Waals surface area contributed by atoms with Crippen molar-refractivity contribution in [1.29, 1.82) is 0 Å². The van der Waals surface area contributed by atoms with Gasteiger partial charge in [-0.2, -0.15) is 0 Å². The second-order valence-corrected chi connectivity index (χ2v) is 4.86. The van der Waals surface area contributed by atoms with Gasteiger partial charge < -0.3 is 0 Å². The average Bonchev–Trinajstić information content (AvgIpc) is 2.76. The van der Waals surface area contributed by atoms with Gasteiger partial charge in [-0.15, -0.1) is 0 Å². The predicted octanol–water partition coefficient (Wildman–Crippen LogP) is 2.44. The van der Waals surface area contributed by atoms with Crippen LogP contribution in [0.5, 0.6) is 0 Å². The molecule has 0 saturated heterocycles. The summed E-state index contributed by atoms with van der Waals surface area (Å²) in [5, 5.41) is 0. The lowest BCUT2D eigenvalue weighted by atomic mass is 9.82. The number of carbonyl (C=O) groups is 3. The van der Waals surface area contributed by atoms with Crippen molar-refractivity contribution in [3.05, 3.63) is 35.9 Å². The first-order chi connectivity index (χ1) is 8.59. The lowest BCUT2D eigenvalue weighted by molar-refractivity contribution is -0.120. The summed E-state index contributed by atoms with van der Waals surface area (Å²) in [5.74, 6) is -0.889. The maximum Gasteiger partial charge on any atom is 0.173 e. The predicted molar refractivity (Wildman–Crippen MR) is 67.3 cm³/mol. The second-order valence-electron chi connectivity index (χ2n) is 4.86. The van der Waals surface area contributed by atoms with E-state index in [2.05, 4.69) is 0 Å². The molecule has 0 aliphatic heterocycles. The fourth-order valence-corrected chi connectivity index (χ4v) is 2.64. The molecule has 94 valence electrons. The van der Waals surface area contributed by atoms with Crippen LogP contribution < -0.4 is 0 Å². The minimum atomic E-state index is -0.654. The largest absolute Gasteiger partial charge is 0.300 e. The molecular formula is C15H16O3. The number of hydrogen-bond acceptors (Lipinski definition) is 3. The number of benzene rings is 1. The van der Waals surface area contributed by atoms with E-state index in [1.54, 1.807) is 24.3 Å². The molecule has 1 saturated carbocycles. The molecule has 3 nitrogen and oxygen atoms in total. The van der Waals surface area contributed by atoms with Crippen LogP contribution >= 0.6 is 0 Å². The van der Waals surface area contributed by atoms with Crippen LogP contribution in [0.4, 0.5) is 0 Å². The van der Waals surface area contributed by atoms with Crippen LogP contribution in [0.2, 0.25) is 0 Å². The zero-order chi connectivity index (χ0) is 13.1. The Morgan fingerprint density at radius 3 is 2.39 bits per heavy atom. The molecule has 0 spiro atoms. The van der Waals surface area contributed by atoms with Crippen LogP contribution in [-0.4, -0.2) is 17.3 Å². The highest BCUT2D eigenvalue weighted by molar-refractivity contribution is 6.10. The highest BCUT2D eigenvalue weighted by Gasteiger charge is 2.37. The molecular weight excluding hydrogens is 228 g/mol. The molecule has 0 heterocycles. The summed E-state index contributed by atoms with van der Waals surface area (Å²) in [6.07, 6.45) is 1.51. The van der Waals surface area contributed by atoms with E-state index in [9.17, 15) is 14.4 Å². The molecule has 0 aromatic heterocycles. The van der Waals surface area contributed by atoms with Crippen molar-refractivity contribution in [2.24, 2.45) is 11.8 Å².